The number of pyridine rings is 1. The first-order chi connectivity index (χ1) is 18.8. The molecule has 3 aromatic heterocycles. The summed E-state index contributed by atoms with van der Waals surface area (Å²) in [6, 6.07) is 13.6. The van der Waals surface area contributed by atoms with Crippen LogP contribution in [0.4, 0.5) is 13.2 Å². The van der Waals surface area contributed by atoms with Crippen LogP contribution in [0.25, 0.3) is 33.4 Å². The Hall–Kier alpha value is -3.15. The number of nitrogens with zero attached hydrogens (tertiary/aromatic N) is 6. The summed E-state index contributed by atoms with van der Waals surface area (Å²) in [6.45, 7) is 4.63. The number of rotatable bonds is 6. The van der Waals surface area contributed by atoms with Crippen LogP contribution in [-0.4, -0.2) is 55.0 Å². The lowest BCUT2D eigenvalue weighted by Crippen LogP contribution is -2.27. The van der Waals surface area contributed by atoms with Crippen LogP contribution >= 0.6 is 24.2 Å². The molecule has 0 saturated heterocycles. The van der Waals surface area contributed by atoms with E-state index in [1.165, 1.54) is 0 Å². The molecule has 0 amide bonds. The van der Waals surface area contributed by atoms with Gasteiger partial charge in [-0.2, -0.15) is 13.2 Å². The minimum Gasteiger partial charge on any atom is -0.433 e. The summed E-state index contributed by atoms with van der Waals surface area (Å²) in [5.74, 6) is 0.542. The Morgan fingerprint density at radius 2 is 1.75 bits per heavy atom. The molecule has 1 aliphatic rings. The number of aryl methyl sites for hydroxylation is 1. The van der Waals surface area contributed by atoms with Gasteiger partial charge in [0.05, 0.1) is 5.52 Å². The van der Waals surface area contributed by atoms with Gasteiger partial charge in [0.25, 0.3) is 0 Å². The number of oxazole rings is 1. The predicted molar refractivity (Wildman–Crippen MR) is 152 cm³/mol. The molecule has 0 N–H and O–H groups in total. The smallest absolute Gasteiger partial charge is 0.433 e. The van der Waals surface area contributed by atoms with Gasteiger partial charge in [-0.15, -0.1) is 22.6 Å². The Balaban J connectivity index is 0.00000323. The molecule has 6 rings (SSSR count). The lowest BCUT2D eigenvalue weighted by Gasteiger charge is -2.19. The fourth-order valence-corrected chi connectivity index (χ4v) is 5.95. The van der Waals surface area contributed by atoms with Crippen LogP contribution in [0, 0.1) is 6.92 Å². The Labute approximate surface area is 239 Å². The second-order valence-electron chi connectivity index (χ2n) is 9.84. The van der Waals surface area contributed by atoms with E-state index in [0.29, 0.717) is 0 Å². The van der Waals surface area contributed by atoms with Crippen molar-refractivity contribution in [3.63, 3.8) is 0 Å². The van der Waals surface area contributed by atoms with E-state index in [-0.39, 0.29) is 23.5 Å². The average molecular weight is 589 g/mol. The highest BCUT2D eigenvalue weighted by Crippen LogP contribution is 2.33. The van der Waals surface area contributed by atoms with Crippen molar-refractivity contribution < 1.29 is 17.6 Å². The summed E-state index contributed by atoms with van der Waals surface area (Å²) in [5.41, 5.74) is 5.49. The van der Waals surface area contributed by atoms with Crippen molar-refractivity contribution in [2.75, 3.05) is 25.4 Å². The molecular formula is C28H28ClF3N6OS. The zero-order chi connectivity index (χ0) is 27.1. The third kappa shape index (κ3) is 5.68. The summed E-state index contributed by atoms with van der Waals surface area (Å²) in [5, 5.41) is 10.9. The molecule has 0 spiro atoms. The molecule has 0 saturated carbocycles. The van der Waals surface area contributed by atoms with Crippen molar-refractivity contribution >= 4 is 46.2 Å². The van der Waals surface area contributed by atoms with Crippen molar-refractivity contribution in [1.82, 2.24) is 29.6 Å². The van der Waals surface area contributed by atoms with E-state index in [4.69, 9.17) is 4.42 Å². The van der Waals surface area contributed by atoms with E-state index in [2.05, 4.69) is 37.2 Å². The topological polar surface area (TPSA) is 72.9 Å². The highest BCUT2D eigenvalue weighted by atomic mass is 35.5. The first-order valence-electron chi connectivity index (χ1n) is 12.9. The molecule has 4 heterocycles. The van der Waals surface area contributed by atoms with Crippen LogP contribution < -0.4 is 0 Å². The largest absolute Gasteiger partial charge is 0.468 e. The van der Waals surface area contributed by atoms with E-state index in [1.54, 1.807) is 23.9 Å². The van der Waals surface area contributed by atoms with E-state index >= 15 is 0 Å². The fraction of sp³-hybridized carbons (Fsp3) is 0.357. The van der Waals surface area contributed by atoms with Gasteiger partial charge in [0.15, 0.2) is 16.6 Å². The van der Waals surface area contributed by atoms with Crippen molar-refractivity contribution in [3.8, 4) is 11.4 Å². The molecule has 12 heteroatoms. The molecule has 0 radical (unpaired) electrons. The van der Waals surface area contributed by atoms with Gasteiger partial charge in [-0.25, -0.2) is 4.98 Å². The molecule has 40 heavy (non-hydrogen) atoms. The monoisotopic (exact) mass is 588 g/mol. The van der Waals surface area contributed by atoms with Gasteiger partial charge >= 0.3 is 12.1 Å². The second kappa shape index (κ2) is 11.4. The van der Waals surface area contributed by atoms with Gasteiger partial charge in [-0.3, -0.25) is 4.98 Å². The molecule has 0 atom stereocenters. The molecule has 2 aromatic carbocycles. The van der Waals surface area contributed by atoms with E-state index < -0.39 is 12.1 Å². The number of hydrogen-bond donors (Lipinski definition) is 0. The van der Waals surface area contributed by atoms with E-state index in [9.17, 15) is 13.2 Å². The van der Waals surface area contributed by atoms with Crippen LogP contribution in [0.5, 0.6) is 0 Å². The Morgan fingerprint density at radius 3 is 2.52 bits per heavy atom. The Kier molecular flexibility index (Phi) is 8.08. The fourth-order valence-electron chi connectivity index (χ4n) is 5.12. The van der Waals surface area contributed by atoms with Gasteiger partial charge in [0.1, 0.15) is 5.52 Å². The third-order valence-corrected chi connectivity index (χ3v) is 8.25. The normalized spacial score (nSPS) is 14.3. The molecule has 210 valence electrons. The van der Waals surface area contributed by atoms with Crippen molar-refractivity contribution in [2.45, 2.75) is 37.5 Å². The lowest BCUT2D eigenvalue weighted by molar-refractivity contribution is -0.156. The number of fused-ring (bicyclic) bond motifs is 3. The zero-order valence-electron chi connectivity index (χ0n) is 22.0. The third-order valence-electron chi connectivity index (χ3n) is 7.14. The molecular weight excluding hydrogens is 561 g/mol. The van der Waals surface area contributed by atoms with E-state index in [1.807, 2.05) is 36.7 Å². The van der Waals surface area contributed by atoms with Gasteiger partial charge in [-0.05, 0) is 68.1 Å². The SMILES string of the molecule is Cc1ccc2c(-c3nnc(SCCCN4CCc5cc6nc(C(F)(F)F)oc6cc5CC4)n3C)cccc2n1.Cl. The maximum Gasteiger partial charge on any atom is 0.468 e. The van der Waals surface area contributed by atoms with Gasteiger partial charge in [0.2, 0.25) is 0 Å². The molecule has 7 nitrogen and oxygen atoms in total. The van der Waals surface area contributed by atoms with Crippen molar-refractivity contribution in [3.05, 3.63) is 65.2 Å². The van der Waals surface area contributed by atoms with Crippen LogP contribution in [0.3, 0.4) is 0 Å². The Morgan fingerprint density at radius 1 is 0.975 bits per heavy atom. The maximum atomic E-state index is 13.0. The number of benzene rings is 2. The van der Waals surface area contributed by atoms with Crippen molar-refractivity contribution in [1.29, 1.82) is 0 Å². The summed E-state index contributed by atoms with van der Waals surface area (Å²) in [4.78, 5) is 10.7. The minimum absolute atomic E-state index is 0. The molecule has 0 unspecified atom stereocenters. The highest BCUT2D eigenvalue weighted by molar-refractivity contribution is 7.99. The molecule has 1 aliphatic heterocycles. The molecule has 5 aromatic rings. The van der Waals surface area contributed by atoms with Crippen LogP contribution in [-0.2, 0) is 26.1 Å². The van der Waals surface area contributed by atoms with E-state index in [0.717, 1.165) is 88.9 Å². The van der Waals surface area contributed by atoms with Crippen LogP contribution in [0.1, 0.15) is 29.1 Å². The second-order valence-corrected chi connectivity index (χ2v) is 10.9. The van der Waals surface area contributed by atoms with Crippen LogP contribution in [0.15, 0.2) is 52.0 Å². The summed E-state index contributed by atoms with van der Waals surface area (Å²) >= 11 is 1.69. The summed E-state index contributed by atoms with van der Waals surface area (Å²) in [7, 11) is 1.99. The predicted octanol–water partition coefficient (Wildman–Crippen LogP) is 6.50. The van der Waals surface area contributed by atoms with Gasteiger partial charge in [0, 0.05) is 42.5 Å². The summed E-state index contributed by atoms with van der Waals surface area (Å²) < 4.78 is 45.9. The number of aromatic nitrogens is 5. The van der Waals surface area contributed by atoms with Gasteiger partial charge < -0.3 is 13.9 Å². The standard InChI is InChI=1S/C28H27F3N6OS.ClH/c1-17-7-8-20-21(5-3-6-22(20)32-17)25-34-35-27(36(25)2)39-14-4-11-37-12-9-18-15-23-24(16-19(18)10-13-37)38-26(33-23)28(29,30)31;/h3,5-8,15-16H,4,9-14H2,1-2H3;1H. The first-order valence-corrected chi connectivity index (χ1v) is 13.9. The zero-order valence-corrected chi connectivity index (χ0v) is 23.7. The Bertz CT molecular complexity index is 1620. The summed E-state index contributed by atoms with van der Waals surface area (Å²) in [6.07, 6.45) is -2.05. The van der Waals surface area contributed by atoms with Crippen LogP contribution in [0.2, 0.25) is 0 Å². The highest BCUT2D eigenvalue weighted by Gasteiger charge is 2.37. The lowest BCUT2D eigenvalue weighted by atomic mass is 10.0. The average Bonchev–Trinajstić information content (AvgIpc) is 3.43. The number of halogens is 4. The number of alkyl halides is 3. The quantitative estimate of drug-likeness (QED) is 0.165. The van der Waals surface area contributed by atoms with Crippen molar-refractivity contribution in [2.24, 2.45) is 7.05 Å². The minimum atomic E-state index is -4.58. The first kappa shape index (κ1) is 28.4. The molecule has 0 fully saturated rings. The number of thioether (sulfide) groups is 1. The maximum absolute atomic E-state index is 13.0. The molecule has 0 bridgehead atoms. The number of hydrogen-bond acceptors (Lipinski definition) is 7. The van der Waals surface area contributed by atoms with Gasteiger partial charge in [-0.1, -0.05) is 30.0 Å². The molecule has 0 aliphatic carbocycles.